The molecule has 0 saturated carbocycles. The number of carboxylic acid groups (broad SMARTS) is 2. The van der Waals surface area contributed by atoms with Crippen LogP contribution < -0.4 is 4.74 Å². The molecular weight excluding hydrogens is 350 g/mol. The Morgan fingerprint density at radius 3 is 2.22 bits per heavy atom. The van der Waals surface area contributed by atoms with Crippen LogP contribution in [-0.4, -0.2) is 63.1 Å². The SMILES string of the molecule is O=C(O)/C=C\C(=O)O.c1c(OCCN2CCCCCC2)nn2c1CCCC2. The van der Waals surface area contributed by atoms with Gasteiger partial charge in [0.2, 0.25) is 5.88 Å². The summed E-state index contributed by atoms with van der Waals surface area (Å²) in [6, 6.07) is 2.13. The minimum atomic E-state index is -1.26. The zero-order valence-corrected chi connectivity index (χ0v) is 15.7. The first-order valence-electron chi connectivity index (χ1n) is 9.60. The molecule has 3 heterocycles. The zero-order valence-electron chi connectivity index (χ0n) is 15.7. The van der Waals surface area contributed by atoms with Crippen LogP contribution in [0.5, 0.6) is 5.88 Å². The Kier molecular flexibility index (Phi) is 8.83. The zero-order chi connectivity index (χ0) is 19.5. The van der Waals surface area contributed by atoms with Gasteiger partial charge in [0.05, 0.1) is 0 Å². The van der Waals surface area contributed by atoms with Crippen LogP contribution >= 0.6 is 0 Å². The van der Waals surface area contributed by atoms with Crippen molar-refractivity contribution in [3.8, 4) is 5.88 Å². The van der Waals surface area contributed by atoms with Crippen LogP contribution in [-0.2, 0) is 22.6 Å². The quantitative estimate of drug-likeness (QED) is 0.730. The van der Waals surface area contributed by atoms with Crippen molar-refractivity contribution >= 4 is 11.9 Å². The van der Waals surface area contributed by atoms with E-state index in [9.17, 15) is 9.59 Å². The molecule has 0 amide bonds. The highest BCUT2D eigenvalue weighted by Crippen LogP contribution is 2.19. The third-order valence-electron chi connectivity index (χ3n) is 4.62. The first-order valence-corrected chi connectivity index (χ1v) is 9.60. The van der Waals surface area contributed by atoms with E-state index >= 15 is 0 Å². The normalized spacial score (nSPS) is 17.5. The second kappa shape index (κ2) is 11.4. The van der Waals surface area contributed by atoms with E-state index in [0.717, 1.165) is 32.0 Å². The third-order valence-corrected chi connectivity index (χ3v) is 4.62. The molecule has 150 valence electrons. The van der Waals surface area contributed by atoms with Crippen LogP contribution in [0.3, 0.4) is 0 Å². The van der Waals surface area contributed by atoms with Gasteiger partial charge in [-0.05, 0) is 45.2 Å². The highest BCUT2D eigenvalue weighted by atomic mass is 16.5. The minimum absolute atomic E-state index is 0.558. The topological polar surface area (TPSA) is 105 Å². The molecule has 0 atom stereocenters. The highest BCUT2D eigenvalue weighted by molar-refractivity contribution is 5.89. The summed E-state index contributed by atoms with van der Waals surface area (Å²) < 4.78 is 7.94. The van der Waals surface area contributed by atoms with E-state index in [1.807, 2.05) is 0 Å². The van der Waals surface area contributed by atoms with Crippen LogP contribution in [0.2, 0.25) is 0 Å². The molecule has 3 rings (SSSR count). The Bertz CT molecular complexity index is 594. The van der Waals surface area contributed by atoms with E-state index in [2.05, 4.69) is 20.7 Å². The molecule has 0 bridgehead atoms. The number of ether oxygens (including phenoxy) is 1. The number of aromatic nitrogens is 2. The second-order valence-electron chi connectivity index (χ2n) is 6.77. The summed E-state index contributed by atoms with van der Waals surface area (Å²) >= 11 is 0. The van der Waals surface area contributed by atoms with Crippen LogP contribution in [0.25, 0.3) is 0 Å². The van der Waals surface area contributed by atoms with E-state index in [1.165, 1.54) is 57.3 Å². The molecule has 1 fully saturated rings. The number of fused-ring (bicyclic) bond motifs is 1. The number of aliphatic carboxylic acids is 2. The van der Waals surface area contributed by atoms with E-state index in [1.54, 1.807) is 0 Å². The molecule has 2 N–H and O–H groups in total. The van der Waals surface area contributed by atoms with Crippen molar-refractivity contribution in [3.05, 3.63) is 23.9 Å². The molecule has 27 heavy (non-hydrogen) atoms. The molecule has 0 spiro atoms. The predicted molar refractivity (Wildman–Crippen MR) is 100.0 cm³/mol. The monoisotopic (exact) mass is 379 g/mol. The largest absolute Gasteiger partial charge is 0.478 e. The molecule has 1 aromatic rings. The van der Waals surface area contributed by atoms with Gasteiger partial charge in [-0.2, -0.15) is 0 Å². The summed E-state index contributed by atoms with van der Waals surface area (Å²) in [5.41, 5.74) is 1.34. The summed E-state index contributed by atoms with van der Waals surface area (Å²) in [5, 5.41) is 20.2. The number of carboxylic acids is 2. The summed E-state index contributed by atoms with van der Waals surface area (Å²) in [6.45, 7) is 5.36. The smallest absolute Gasteiger partial charge is 0.328 e. The van der Waals surface area contributed by atoms with Crippen molar-refractivity contribution in [1.29, 1.82) is 0 Å². The molecular formula is C19H29N3O5. The lowest BCUT2D eigenvalue weighted by Gasteiger charge is -2.19. The molecule has 0 aromatic carbocycles. The van der Waals surface area contributed by atoms with Crippen molar-refractivity contribution in [1.82, 2.24) is 14.7 Å². The highest BCUT2D eigenvalue weighted by Gasteiger charge is 2.13. The third kappa shape index (κ3) is 8.25. The van der Waals surface area contributed by atoms with Crippen LogP contribution in [0.1, 0.15) is 44.2 Å². The Balaban J connectivity index is 0.000000279. The van der Waals surface area contributed by atoms with Crippen LogP contribution in [0, 0.1) is 0 Å². The average molecular weight is 379 g/mol. The molecule has 0 unspecified atom stereocenters. The fourth-order valence-corrected chi connectivity index (χ4v) is 3.24. The van der Waals surface area contributed by atoms with Crippen LogP contribution in [0.4, 0.5) is 0 Å². The van der Waals surface area contributed by atoms with Gasteiger partial charge in [0.25, 0.3) is 0 Å². The molecule has 8 heteroatoms. The molecule has 2 aliphatic rings. The maximum absolute atomic E-state index is 9.55. The molecule has 8 nitrogen and oxygen atoms in total. The average Bonchev–Trinajstić information content (AvgIpc) is 2.87. The summed E-state index contributed by atoms with van der Waals surface area (Å²) in [5.74, 6) is -1.69. The van der Waals surface area contributed by atoms with Gasteiger partial charge in [0.1, 0.15) is 6.61 Å². The van der Waals surface area contributed by atoms with E-state index in [4.69, 9.17) is 14.9 Å². The Hall–Kier alpha value is -2.35. The lowest BCUT2D eigenvalue weighted by molar-refractivity contribution is -0.134. The fraction of sp³-hybridized carbons (Fsp3) is 0.632. The number of hydrogen-bond acceptors (Lipinski definition) is 5. The van der Waals surface area contributed by atoms with Crippen molar-refractivity contribution in [3.63, 3.8) is 0 Å². The number of carbonyl (C=O) groups is 2. The Morgan fingerprint density at radius 1 is 1.00 bits per heavy atom. The van der Waals surface area contributed by atoms with Crippen molar-refractivity contribution in [2.75, 3.05) is 26.2 Å². The summed E-state index contributed by atoms with van der Waals surface area (Å²) in [4.78, 5) is 21.6. The lowest BCUT2D eigenvalue weighted by Crippen LogP contribution is -2.29. The first kappa shape index (κ1) is 21.0. The first-order chi connectivity index (χ1) is 13.0. The number of likely N-dealkylation sites (tertiary alicyclic amines) is 1. The van der Waals surface area contributed by atoms with Crippen molar-refractivity contribution in [2.24, 2.45) is 0 Å². The lowest BCUT2D eigenvalue weighted by atomic mass is 10.1. The van der Waals surface area contributed by atoms with Gasteiger partial charge in [0, 0.05) is 37.0 Å². The molecule has 1 aromatic heterocycles. The van der Waals surface area contributed by atoms with Gasteiger partial charge < -0.3 is 14.9 Å². The summed E-state index contributed by atoms with van der Waals surface area (Å²) in [7, 11) is 0. The van der Waals surface area contributed by atoms with Gasteiger partial charge in [-0.15, -0.1) is 5.10 Å². The van der Waals surface area contributed by atoms with Gasteiger partial charge >= 0.3 is 11.9 Å². The number of aryl methyl sites for hydroxylation is 2. The molecule has 1 saturated heterocycles. The van der Waals surface area contributed by atoms with Crippen molar-refractivity contribution < 1.29 is 24.5 Å². The summed E-state index contributed by atoms with van der Waals surface area (Å²) in [6.07, 6.45) is 10.3. The van der Waals surface area contributed by atoms with Gasteiger partial charge in [-0.25, -0.2) is 9.59 Å². The maximum Gasteiger partial charge on any atom is 0.328 e. The number of nitrogens with zero attached hydrogens (tertiary/aromatic N) is 3. The number of hydrogen-bond donors (Lipinski definition) is 2. The fourth-order valence-electron chi connectivity index (χ4n) is 3.24. The van der Waals surface area contributed by atoms with Crippen LogP contribution in [0.15, 0.2) is 18.2 Å². The molecule has 0 aliphatic carbocycles. The van der Waals surface area contributed by atoms with E-state index in [0.29, 0.717) is 12.2 Å². The maximum atomic E-state index is 9.55. The minimum Gasteiger partial charge on any atom is -0.478 e. The Morgan fingerprint density at radius 2 is 1.63 bits per heavy atom. The standard InChI is InChI=1S/C15H25N3O.C4H4O4/c1-2-5-9-17(8-4-1)11-12-19-15-13-14-7-3-6-10-18(14)16-15;5-3(6)1-2-4(7)8/h13H,1-12H2;1-2H,(H,5,6)(H,7,8)/b;2-1-. The van der Waals surface area contributed by atoms with Crippen molar-refractivity contribution in [2.45, 2.75) is 51.5 Å². The predicted octanol–water partition coefficient (Wildman–Crippen LogP) is 2.19. The number of rotatable bonds is 6. The van der Waals surface area contributed by atoms with Gasteiger partial charge in [-0.1, -0.05) is 12.8 Å². The second-order valence-corrected chi connectivity index (χ2v) is 6.77. The van der Waals surface area contributed by atoms with E-state index < -0.39 is 11.9 Å². The molecule has 2 aliphatic heterocycles. The van der Waals surface area contributed by atoms with E-state index in [-0.39, 0.29) is 0 Å². The molecule has 0 radical (unpaired) electrons. The Labute approximate surface area is 159 Å². The van der Waals surface area contributed by atoms with Gasteiger partial charge in [0.15, 0.2) is 0 Å². The van der Waals surface area contributed by atoms with Gasteiger partial charge in [-0.3, -0.25) is 9.58 Å².